The summed E-state index contributed by atoms with van der Waals surface area (Å²) in [5.74, 6) is 0.386. The number of anilines is 1. The van der Waals surface area contributed by atoms with Gasteiger partial charge in [0.2, 0.25) is 5.91 Å². The molecule has 0 aliphatic carbocycles. The van der Waals surface area contributed by atoms with Crippen molar-refractivity contribution < 1.29 is 9.59 Å². The lowest BCUT2D eigenvalue weighted by Crippen LogP contribution is -2.40. The first kappa shape index (κ1) is 17.5. The second-order valence-corrected chi connectivity index (χ2v) is 6.32. The van der Waals surface area contributed by atoms with Gasteiger partial charge in [-0.15, -0.1) is 0 Å². The summed E-state index contributed by atoms with van der Waals surface area (Å²) >= 11 is 0. The summed E-state index contributed by atoms with van der Waals surface area (Å²) in [6, 6.07) is 5.37. The lowest BCUT2D eigenvalue weighted by molar-refractivity contribution is -0.114. The van der Waals surface area contributed by atoms with Crippen LogP contribution in [-0.4, -0.2) is 42.9 Å². The smallest absolute Gasteiger partial charge is 0.251 e. The molecule has 2 rings (SSSR count). The number of rotatable bonds is 5. The van der Waals surface area contributed by atoms with Gasteiger partial charge in [-0.05, 0) is 62.5 Å². The maximum atomic E-state index is 12.4. The number of nitrogens with one attached hydrogen (secondary N) is 2. The predicted octanol–water partition coefficient (Wildman–Crippen LogP) is 2.42. The molecule has 1 aromatic rings. The summed E-state index contributed by atoms with van der Waals surface area (Å²) in [5.41, 5.74) is 2.26. The minimum atomic E-state index is -0.112. The van der Waals surface area contributed by atoms with Gasteiger partial charge in [-0.3, -0.25) is 9.59 Å². The fourth-order valence-electron chi connectivity index (χ4n) is 3.14. The molecule has 2 amide bonds. The van der Waals surface area contributed by atoms with E-state index in [-0.39, 0.29) is 11.8 Å². The predicted molar refractivity (Wildman–Crippen MR) is 92.7 cm³/mol. The van der Waals surface area contributed by atoms with Crippen LogP contribution in [0.3, 0.4) is 0 Å². The number of aryl methyl sites for hydroxylation is 1. The Morgan fingerprint density at radius 1 is 1.35 bits per heavy atom. The molecule has 0 aromatic heterocycles. The van der Waals surface area contributed by atoms with Crippen molar-refractivity contribution in [2.45, 2.75) is 33.6 Å². The van der Waals surface area contributed by atoms with Crippen LogP contribution in [0, 0.1) is 12.8 Å². The Labute approximate surface area is 138 Å². The number of piperidine rings is 1. The normalized spacial score (nSPS) is 18.5. The summed E-state index contributed by atoms with van der Waals surface area (Å²) in [5, 5.41) is 5.79. The second kappa shape index (κ2) is 8.11. The van der Waals surface area contributed by atoms with Crippen molar-refractivity contribution in [1.29, 1.82) is 0 Å². The van der Waals surface area contributed by atoms with Crippen LogP contribution in [0.5, 0.6) is 0 Å². The monoisotopic (exact) mass is 317 g/mol. The van der Waals surface area contributed by atoms with Crippen molar-refractivity contribution in [3.8, 4) is 0 Å². The van der Waals surface area contributed by atoms with Gasteiger partial charge >= 0.3 is 0 Å². The molecule has 2 N–H and O–H groups in total. The number of carbonyl (C=O) groups is 2. The van der Waals surface area contributed by atoms with Crippen LogP contribution in [0.25, 0.3) is 0 Å². The van der Waals surface area contributed by atoms with E-state index in [2.05, 4.69) is 22.5 Å². The Morgan fingerprint density at radius 3 is 2.78 bits per heavy atom. The number of amides is 2. The van der Waals surface area contributed by atoms with Crippen molar-refractivity contribution in [1.82, 2.24) is 10.2 Å². The molecule has 1 unspecified atom stereocenters. The summed E-state index contributed by atoms with van der Waals surface area (Å²) in [7, 11) is 0. The number of nitrogens with zero attached hydrogens (tertiary/aromatic N) is 1. The van der Waals surface area contributed by atoms with Gasteiger partial charge in [0, 0.05) is 31.3 Å². The molecule has 0 spiro atoms. The van der Waals surface area contributed by atoms with Crippen molar-refractivity contribution >= 4 is 17.5 Å². The van der Waals surface area contributed by atoms with E-state index in [0.717, 1.165) is 30.9 Å². The molecule has 1 aliphatic rings. The third kappa shape index (κ3) is 5.06. The first-order valence-corrected chi connectivity index (χ1v) is 8.38. The van der Waals surface area contributed by atoms with Crippen molar-refractivity contribution in [2.75, 3.05) is 31.5 Å². The maximum absolute atomic E-state index is 12.4. The summed E-state index contributed by atoms with van der Waals surface area (Å²) in [6.45, 7) is 9.58. The number of carbonyl (C=O) groups excluding carboxylic acids is 2. The molecule has 0 radical (unpaired) electrons. The highest BCUT2D eigenvalue weighted by Gasteiger charge is 2.19. The third-order valence-electron chi connectivity index (χ3n) is 4.39. The molecule has 1 saturated heterocycles. The van der Waals surface area contributed by atoms with E-state index in [1.54, 1.807) is 12.1 Å². The number of likely N-dealkylation sites (tertiary alicyclic amines) is 1. The molecule has 1 aromatic carbocycles. The van der Waals surface area contributed by atoms with E-state index in [0.29, 0.717) is 11.5 Å². The summed E-state index contributed by atoms with van der Waals surface area (Å²) in [6.07, 6.45) is 2.38. The van der Waals surface area contributed by atoms with Gasteiger partial charge in [-0.2, -0.15) is 0 Å². The van der Waals surface area contributed by atoms with Crippen LogP contribution in [0.15, 0.2) is 18.2 Å². The first-order chi connectivity index (χ1) is 11.0. The summed E-state index contributed by atoms with van der Waals surface area (Å²) in [4.78, 5) is 25.9. The largest absolute Gasteiger partial charge is 0.352 e. The maximum Gasteiger partial charge on any atom is 0.251 e. The Morgan fingerprint density at radius 2 is 2.13 bits per heavy atom. The zero-order valence-corrected chi connectivity index (χ0v) is 14.3. The van der Waals surface area contributed by atoms with Crippen LogP contribution in [0.1, 0.15) is 42.6 Å². The van der Waals surface area contributed by atoms with Crippen LogP contribution >= 0.6 is 0 Å². The number of benzene rings is 1. The first-order valence-electron chi connectivity index (χ1n) is 8.38. The highest BCUT2D eigenvalue weighted by Crippen LogP contribution is 2.17. The van der Waals surface area contributed by atoms with E-state index in [9.17, 15) is 9.59 Å². The zero-order valence-electron chi connectivity index (χ0n) is 14.3. The van der Waals surface area contributed by atoms with Gasteiger partial charge in [-0.25, -0.2) is 0 Å². The second-order valence-electron chi connectivity index (χ2n) is 6.32. The van der Waals surface area contributed by atoms with Gasteiger partial charge in [0.25, 0.3) is 5.91 Å². The molecule has 5 nitrogen and oxygen atoms in total. The highest BCUT2D eigenvalue weighted by molar-refractivity contribution is 5.97. The molecule has 0 saturated carbocycles. The Balaban J connectivity index is 1.91. The molecule has 1 heterocycles. The standard InChI is InChI=1S/C18H27N3O2/c1-4-21-9-5-6-15(12-21)11-19-18(23)17-8-7-16(10-13(17)2)20-14(3)22/h7-8,10,15H,4-6,9,11-12H2,1-3H3,(H,19,23)(H,20,22). The Hall–Kier alpha value is -1.88. The molecular formula is C18H27N3O2. The van der Waals surface area contributed by atoms with Crippen LogP contribution in [0.4, 0.5) is 5.69 Å². The van der Waals surface area contributed by atoms with Gasteiger partial charge in [0.1, 0.15) is 0 Å². The zero-order chi connectivity index (χ0) is 16.8. The van der Waals surface area contributed by atoms with E-state index in [1.807, 2.05) is 13.0 Å². The van der Waals surface area contributed by atoms with Gasteiger partial charge < -0.3 is 15.5 Å². The topological polar surface area (TPSA) is 61.4 Å². The fraction of sp³-hybridized carbons (Fsp3) is 0.556. The molecule has 1 fully saturated rings. The lowest BCUT2D eigenvalue weighted by Gasteiger charge is -2.31. The molecular weight excluding hydrogens is 290 g/mol. The van der Waals surface area contributed by atoms with Gasteiger partial charge in [0.15, 0.2) is 0 Å². The quantitative estimate of drug-likeness (QED) is 0.877. The SMILES string of the molecule is CCN1CCCC(CNC(=O)c2ccc(NC(C)=O)cc2C)C1. The molecule has 0 bridgehead atoms. The van der Waals surface area contributed by atoms with Gasteiger partial charge in [-0.1, -0.05) is 6.92 Å². The average molecular weight is 317 g/mol. The van der Waals surface area contributed by atoms with Crippen LogP contribution < -0.4 is 10.6 Å². The lowest BCUT2D eigenvalue weighted by atomic mass is 9.97. The summed E-state index contributed by atoms with van der Waals surface area (Å²) < 4.78 is 0. The van der Waals surface area contributed by atoms with E-state index >= 15 is 0 Å². The van der Waals surface area contributed by atoms with Crippen LogP contribution in [0.2, 0.25) is 0 Å². The van der Waals surface area contributed by atoms with E-state index in [1.165, 1.54) is 26.3 Å². The van der Waals surface area contributed by atoms with Gasteiger partial charge in [0.05, 0.1) is 0 Å². The van der Waals surface area contributed by atoms with E-state index in [4.69, 9.17) is 0 Å². The minimum Gasteiger partial charge on any atom is -0.352 e. The molecule has 5 heteroatoms. The highest BCUT2D eigenvalue weighted by atomic mass is 16.2. The van der Waals surface area contributed by atoms with Crippen molar-refractivity contribution in [2.24, 2.45) is 5.92 Å². The Kier molecular flexibility index (Phi) is 6.16. The van der Waals surface area contributed by atoms with Crippen molar-refractivity contribution in [3.05, 3.63) is 29.3 Å². The number of hydrogen-bond acceptors (Lipinski definition) is 3. The Bertz CT molecular complexity index is 571. The average Bonchev–Trinajstić information content (AvgIpc) is 2.52. The number of hydrogen-bond donors (Lipinski definition) is 2. The van der Waals surface area contributed by atoms with Crippen LogP contribution in [-0.2, 0) is 4.79 Å². The molecule has 1 aliphatic heterocycles. The van der Waals surface area contributed by atoms with Crippen molar-refractivity contribution in [3.63, 3.8) is 0 Å². The van der Waals surface area contributed by atoms with E-state index < -0.39 is 0 Å². The molecule has 126 valence electrons. The molecule has 23 heavy (non-hydrogen) atoms. The fourth-order valence-corrected chi connectivity index (χ4v) is 3.14. The third-order valence-corrected chi connectivity index (χ3v) is 4.39. The minimum absolute atomic E-state index is 0.0366. The molecule has 1 atom stereocenters.